The van der Waals surface area contributed by atoms with Crippen molar-refractivity contribution in [3.8, 4) is 0 Å². The number of amides is 2. The van der Waals surface area contributed by atoms with Crippen LogP contribution in [0.3, 0.4) is 0 Å². The highest BCUT2D eigenvalue weighted by Gasteiger charge is 2.13. The number of aromatic nitrogens is 3. The molecule has 3 rings (SSSR count). The Kier molecular flexibility index (Phi) is 5.11. The second kappa shape index (κ2) is 7.65. The molecule has 0 radical (unpaired) electrons. The number of aryl methyl sites for hydroxylation is 2. The number of benzene rings is 1. The number of hydrogen-bond donors (Lipinski definition) is 3. The van der Waals surface area contributed by atoms with E-state index in [2.05, 4.69) is 31.1 Å². The van der Waals surface area contributed by atoms with E-state index in [0.717, 1.165) is 0 Å². The maximum atomic E-state index is 12.4. The predicted molar refractivity (Wildman–Crippen MR) is 100.0 cm³/mol. The lowest BCUT2D eigenvalue weighted by Crippen LogP contribution is -2.15. The van der Waals surface area contributed by atoms with Crippen LogP contribution in [0.2, 0.25) is 0 Å². The SMILES string of the molecule is CC(=O)Nc1ccc(Nc2nc(C)cc(C(=O)Nc3cc(C)on3)n2)cc1. The minimum Gasteiger partial charge on any atom is -0.360 e. The van der Waals surface area contributed by atoms with E-state index in [1.165, 1.54) is 6.92 Å². The third kappa shape index (κ3) is 4.88. The van der Waals surface area contributed by atoms with Crippen LogP contribution in [0.4, 0.5) is 23.1 Å². The summed E-state index contributed by atoms with van der Waals surface area (Å²) in [6.45, 7) is 4.94. The quantitative estimate of drug-likeness (QED) is 0.634. The molecular weight excluding hydrogens is 348 g/mol. The standard InChI is InChI=1S/C18H18N6O3/c1-10-8-15(17(26)23-16-9-11(2)27-24-16)22-18(19-10)21-14-6-4-13(5-7-14)20-12(3)25/h4-9H,1-3H3,(H,20,25)(H,19,21,22)(H,23,24,26). The molecule has 3 N–H and O–H groups in total. The van der Waals surface area contributed by atoms with Crippen molar-refractivity contribution in [1.29, 1.82) is 0 Å². The Balaban J connectivity index is 1.74. The summed E-state index contributed by atoms with van der Waals surface area (Å²) in [4.78, 5) is 32.0. The van der Waals surface area contributed by atoms with Gasteiger partial charge in [0, 0.05) is 30.1 Å². The zero-order chi connectivity index (χ0) is 19.4. The second-order valence-corrected chi connectivity index (χ2v) is 5.88. The predicted octanol–water partition coefficient (Wildman–Crippen LogP) is 3.04. The molecule has 0 saturated carbocycles. The van der Waals surface area contributed by atoms with E-state index in [-0.39, 0.29) is 17.5 Å². The monoisotopic (exact) mass is 366 g/mol. The number of carbonyl (C=O) groups is 2. The molecule has 27 heavy (non-hydrogen) atoms. The minimum atomic E-state index is -0.419. The molecule has 0 unspecified atom stereocenters. The Labute approximate surface area is 155 Å². The second-order valence-electron chi connectivity index (χ2n) is 5.88. The lowest BCUT2D eigenvalue weighted by Gasteiger charge is -2.09. The van der Waals surface area contributed by atoms with Gasteiger partial charge in [0.1, 0.15) is 11.5 Å². The van der Waals surface area contributed by atoms with Crippen molar-refractivity contribution in [2.24, 2.45) is 0 Å². The van der Waals surface area contributed by atoms with Gasteiger partial charge in [-0.15, -0.1) is 0 Å². The summed E-state index contributed by atoms with van der Waals surface area (Å²) < 4.78 is 4.93. The summed E-state index contributed by atoms with van der Waals surface area (Å²) in [6, 6.07) is 10.2. The zero-order valence-electron chi connectivity index (χ0n) is 15.0. The van der Waals surface area contributed by atoms with Crippen LogP contribution in [0, 0.1) is 13.8 Å². The highest BCUT2D eigenvalue weighted by atomic mass is 16.5. The van der Waals surface area contributed by atoms with Crippen molar-refractivity contribution in [1.82, 2.24) is 15.1 Å². The third-order valence-electron chi connectivity index (χ3n) is 3.42. The Morgan fingerprint density at radius 1 is 0.963 bits per heavy atom. The number of carbonyl (C=O) groups excluding carboxylic acids is 2. The molecule has 0 atom stereocenters. The van der Waals surface area contributed by atoms with E-state index in [1.807, 2.05) is 0 Å². The first-order valence-corrected chi connectivity index (χ1v) is 8.14. The van der Waals surface area contributed by atoms with Gasteiger partial charge in [-0.1, -0.05) is 5.16 Å². The summed E-state index contributed by atoms with van der Waals surface area (Å²) in [7, 11) is 0. The summed E-state index contributed by atoms with van der Waals surface area (Å²) in [5, 5.41) is 12.1. The van der Waals surface area contributed by atoms with Gasteiger partial charge in [-0.3, -0.25) is 9.59 Å². The van der Waals surface area contributed by atoms with Crippen LogP contribution < -0.4 is 16.0 Å². The first-order valence-electron chi connectivity index (χ1n) is 8.14. The number of nitrogens with zero attached hydrogens (tertiary/aromatic N) is 3. The van der Waals surface area contributed by atoms with Gasteiger partial charge < -0.3 is 20.5 Å². The van der Waals surface area contributed by atoms with Crippen LogP contribution in [-0.4, -0.2) is 26.9 Å². The molecular formula is C18H18N6O3. The fourth-order valence-electron chi connectivity index (χ4n) is 2.32. The van der Waals surface area contributed by atoms with E-state index in [1.54, 1.807) is 50.2 Å². The average molecular weight is 366 g/mol. The Bertz CT molecular complexity index is 981. The molecule has 9 nitrogen and oxygen atoms in total. The van der Waals surface area contributed by atoms with Gasteiger partial charge >= 0.3 is 0 Å². The van der Waals surface area contributed by atoms with E-state index >= 15 is 0 Å². The molecule has 1 aromatic carbocycles. The van der Waals surface area contributed by atoms with Crippen LogP contribution in [0.25, 0.3) is 0 Å². The molecule has 2 amide bonds. The van der Waals surface area contributed by atoms with Gasteiger partial charge in [0.2, 0.25) is 11.9 Å². The van der Waals surface area contributed by atoms with E-state index < -0.39 is 5.91 Å². The van der Waals surface area contributed by atoms with Gasteiger partial charge in [0.25, 0.3) is 5.91 Å². The van der Waals surface area contributed by atoms with Crippen LogP contribution in [0.15, 0.2) is 40.9 Å². The zero-order valence-corrected chi connectivity index (χ0v) is 15.0. The molecule has 0 saturated heterocycles. The molecule has 138 valence electrons. The van der Waals surface area contributed by atoms with E-state index in [9.17, 15) is 9.59 Å². The van der Waals surface area contributed by atoms with E-state index in [4.69, 9.17) is 4.52 Å². The number of nitrogens with one attached hydrogen (secondary N) is 3. The van der Waals surface area contributed by atoms with Crippen LogP contribution in [0.5, 0.6) is 0 Å². The maximum absolute atomic E-state index is 12.4. The molecule has 3 aromatic rings. The summed E-state index contributed by atoms with van der Waals surface area (Å²) in [5.74, 6) is 0.628. The van der Waals surface area contributed by atoms with Crippen molar-refractivity contribution >= 4 is 35.0 Å². The number of anilines is 4. The smallest absolute Gasteiger partial charge is 0.275 e. The minimum absolute atomic E-state index is 0.143. The molecule has 0 fully saturated rings. The molecule has 0 spiro atoms. The number of rotatable bonds is 5. The Morgan fingerprint density at radius 2 is 1.67 bits per heavy atom. The maximum Gasteiger partial charge on any atom is 0.275 e. The lowest BCUT2D eigenvalue weighted by atomic mass is 10.2. The summed E-state index contributed by atoms with van der Waals surface area (Å²) in [6.07, 6.45) is 0. The molecule has 0 aliphatic heterocycles. The first-order chi connectivity index (χ1) is 12.9. The Morgan fingerprint density at radius 3 is 2.30 bits per heavy atom. The fourth-order valence-corrected chi connectivity index (χ4v) is 2.32. The van der Waals surface area contributed by atoms with Crippen molar-refractivity contribution in [3.05, 3.63) is 53.5 Å². The van der Waals surface area contributed by atoms with Crippen molar-refractivity contribution < 1.29 is 14.1 Å². The van der Waals surface area contributed by atoms with Crippen LogP contribution in [-0.2, 0) is 4.79 Å². The van der Waals surface area contributed by atoms with Crippen molar-refractivity contribution in [2.45, 2.75) is 20.8 Å². The first kappa shape index (κ1) is 18.1. The fraction of sp³-hybridized carbons (Fsp3) is 0.167. The average Bonchev–Trinajstić information content (AvgIpc) is 3.00. The summed E-state index contributed by atoms with van der Waals surface area (Å²) in [5.41, 5.74) is 2.22. The van der Waals surface area contributed by atoms with Gasteiger partial charge in [0.15, 0.2) is 5.82 Å². The van der Waals surface area contributed by atoms with Gasteiger partial charge in [0.05, 0.1) is 0 Å². The van der Waals surface area contributed by atoms with Gasteiger partial charge in [-0.25, -0.2) is 9.97 Å². The molecule has 2 heterocycles. The third-order valence-corrected chi connectivity index (χ3v) is 3.42. The summed E-state index contributed by atoms with van der Waals surface area (Å²) >= 11 is 0. The highest BCUT2D eigenvalue weighted by molar-refractivity contribution is 6.02. The van der Waals surface area contributed by atoms with E-state index in [0.29, 0.717) is 28.6 Å². The van der Waals surface area contributed by atoms with Crippen LogP contribution >= 0.6 is 0 Å². The molecule has 2 aromatic heterocycles. The molecule has 0 aliphatic rings. The van der Waals surface area contributed by atoms with Crippen LogP contribution in [0.1, 0.15) is 28.9 Å². The topological polar surface area (TPSA) is 122 Å². The van der Waals surface area contributed by atoms with Gasteiger partial charge in [-0.2, -0.15) is 0 Å². The Hall–Kier alpha value is -3.75. The molecule has 0 aliphatic carbocycles. The normalized spacial score (nSPS) is 10.3. The number of hydrogen-bond acceptors (Lipinski definition) is 7. The largest absolute Gasteiger partial charge is 0.360 e. The van der Waals surface area contributed by atoms with Crippen molar-refractivity contribution in [2.75, 3.05) is 16.0 Å². The molecule has 0 bridgehead atoms. The lowest BCUT2D eigenvalue weighted by molar-refractivity contribution is -0.114. The van der Waals surface area contributed by atoms with Crippen molar-refractivity contribution in [3.63, 3.8) is 0 Å². The van der Waals surface area contributed by atoms with Gasteiger partial charge in [-0.05, 0) is 44.2 Å². The molecule has 9 heteroatoms. The highest BCUT2D eigenvalue weighted by Crippen LogP contribution is 2.18.